The second-order valence-electron chi connectivity index (χ2n) is 9.31. The highest BCUT2D eigenvalue weighted by Crippen LogP contribution is 2.26. The Morgan fingerprint density at radius 3 is 2.82 bits per heavy atom. The molecule has 38 heavy (non-hydrogen) atoms. The first-order chi connectivity index (χ1) is 18.5. The third-order valence-electron chi connectivity index (χ3n) is 6.68. The molecule has 5 rings (SSSR count). The van der Waals surface area contributed by atoms with Crippen molar-refractivity contribution in [1.82, 2.24) is 34.8 Å². The number of halogens is 1. The van der Waals surface area contributed by atoms with E-state index in [-0.39, 0.29) is 30.4 Å². The number of fused-ring (bicyclic) bond motifs is 1. The average Bonchev–Trinajstić information content (AvgIpc) is 3.58. The fourth-order valence-electron chi connectivity index (χ4n) is 4.74. The summed E-state index contributed by atoms with van der Waals surface area (Å²) in [6.45, 7) is 2.57. The number of nitrogens with one attached hydrogen (secondary N) is 1. The van der Waals surface area contributed by atoms with Crippen molar-refractivity contribution in [2.24, 2.45) is 0 Å². The summed E-state index contributed by atoms with van der Waals surface area (Å²) < 4.78 is 28.8. The number of ether oxygens (including phenoxy) is 2. The van der Waals surface area contributed by atoms with Gasteiger partial charge in [0, 0.05) is 38.5 Å². The van der Waals surface area contributed by atoms with E-state index in [9.17, 15) is 4.79 Å². The summed E-state index contributed by atoms with van der Waals surface area (Å²) in [5.74, 6) is -0.893. The first-order valence-corrected chi connectivity index (χ1v) is 12.3. The molecule has 3 heterocycles. The Hall–Kier alpha value is -4.09. The highest BCUT2D eigenvalue weighted by molar-refractivity contribution is 5.95. The molecule has 198 valence electrons. The molecule has 1 aliphatic rings. The number of methoxy groups -OCH3 is 2. The fourth-order valence-corrected chi connectivity index (χ4v) is 4.74. The molecule has 0 atom stereocenters. The van der Waals surface area contributed by atoms with E-state index in [2.05, 4.69) is 50.6 Å². The summed E-state index contributed by atoms with van der Waals surface area (Å²) in [5, 5.41) is 11.5. The normalized spacial score (nSPS) is 13.4. The van der Waals surface area contributed by atoms with Crippen molar-refractivity contribution in [2.75, 3.05) is 27.8 Å². The van der Waals surface area contributed by atoms with E-state index in [1.165, 1.54) is 41.6 Å². The van der Waals surface area contributed by atoms with E-state index in [0.717, 1.165) is 25.1 Å². The van der Waals surface area contributed by atoms with Gasteiger partial charge in [-0.15, -0.1) is 0 Å². The van der Waals surface area contributed by atoms with Crippen molar-refractivity contribution in [1.29, 1.82) is 0 Å². The van der Waals surface area contributed by atoms with Crippen molar-refractivity contribution >= 4 is 5.91 Å². The van der Waals surface area contributed by atoms with Gasteiger partial charge in [0.15, 0.2) is 11.6 Å². The highest BCUT2D eigenvalue weighted by Gasteiger charge is 2.21. The summed E-state index contributed by atoms with van der Waals surface area (Å²) in [6, 6.07) is 9.68. The van der Waals surface area contributed by atoms with Crippen LogP contribution in [-0.4, -0.2) is 63.2 Å². The Labute approximate surface area is 220 Å². The number of aromatic nitrogens is 5. The topological polar surface area (TPSA) is 99.3 Å². The largest absolute Gasteiger partial charge is 0.494 e. The lowest BCUT2D eigenvalue weighted by molar-refractivity contribution is 0.0945. The molecule has 0 aliphatic carbocycles. The fraction of sp³-hybridized carbons (Fsp3) is 0.333. The van der Waals surface area contributed by atoms with Gasteiger partial charge in [-0.05, 0) is 42.3 Å². The van der Waals surface area contributed by atoms with E-state index in [1.807, 2.05) is 0 Å². The predicted octanol–water partition coefficient (Wildman–Crippen LogP) is 2.72. The van der Waals surface area contributed by atoms with Crippen LogP contribution in [0.3, 0.4) is 0 Å². The molecular formula is C27H30FN7O3. The molecule has 1 aliphatic heterocycles. The predicted molar refractivity (Wildman–Crippen MR) is 138 cm³/mol. The van der Waals surface area contributed by atoms with Crippen LogP contribution >= 0.6 is 0 Å². The SMILES string of the molecule is COCc1nn(Cc2ccc3c(c2)CN(C)CC3)cc1C(=O)NCc1c(-n2cncn2)ccc(OC)c1F. The van der Waals surface area contributed by atoms with Gasteiger partial charge in [0.05, 0.1) is 31.5 Å². The number of hydrogen-bond acceptors (Lipinski definition) is 7. The van der Waals surface area contributed by atoms with Crippen molar-refractivity contribution in [3.05, 3.63) is 88.5 Å². The Morgan fingerprint density at radius 2 is 2.05 bits per heavy atom. The lowest BCUT2D eigenvalue weighted by Crippen LogP contribution is -2.26. The molecule has 0 radical (unpaired) electrons. The quantitative estimate of drug-likeness (QED) is 0.363. The smallest absolute Gasteiger partial charge is 0.255 e. The van der Waals surface area contributed by atoms with Gasteiger partial charge in [-0.2, -0.15) is 10.2 Å². The number of carbonyl (C=O) groups is 1. The monoisotopic (exact) mass is 519 g/mol. The van der Waals surface area contributed by atoms with Crippen LogP contribution in [0.2, 0.25) is 0 Å². The first-order valence-electron chi connectivity index (χ1n) is 12.3. The standard InChI is InChI=1S/C27H30FN7O3/c1-33-9-8-19-5-4-18(10-20(19)13-33)12-34-14-22(23(32-34)15-37-2)27(36)30-11-21-24(35-17-29-16-31-35)6-7-25(38-3)26(21)28/h4-7,10,14,16-17H,8-9,11-13,15H2,1-3H3,(H,30,36). The number of nitrogens with zero attached hydrogens (tertiary/aromatic N) is 6. The van der Waals surface area contributed by atoms with Gasteiger partial charge in [-0.3, -0.25) is 9.48 Å². The zero-order chi connectivity index (χ0) is 26.6. The molecular weight excluding hydrogens is 489 g/mol. The number of likely N-dealkylation sites (N-methyl/N-ethyl adjacent to an activating group) is 1. The number of amides is 1. The summed E-state index contributed by atoms with van der Waals surface area (Å²) in [6.07, 6.45) is 5.57. The molecule has 0 spiro atoms. The molecule has 4 aromatic rings. The summed E-state index contributed by atoms with van der Waals surface area (Å²) in [5.41, 5.74) is 5.35. The second kappa shape index (κ2) is 11.1. The number of rotatable bonds is 9. The highest BCUT2D eigenvalue weighted by atomic mass is 19.1. The third-order valence-corrected chi connectivity index (χ3v) is 6.68. The maximum atomic E-state index is 15.2. The Bertz CT molecular complexity index is 1430. The Morgan fingerprint density at radius 1 is 1.18 bits per heavy atom. The number of hydrogen-bond donors (Lipinski definition) is 1. The van der Waals surface area contributed by atoms with Crippen LogP contribution in [0.4, 0.5) is 4.39 Å². The molecule has 0 bridgehead atoms. The van der Waals surface area contributed by atoms with Crippen molar-refractivity contribution < 1.29 is 18.7 Å². The van der Waals surface area contributed by atoms with Gasteiger partial charge in [0.25, 0.3) is 5.91 Å². The van der Waals surface area contributed by atoms with E-state index in [0.29, 0.717) is 23.5 Å². The molecule has 2 aromatic carbocycles. The zero-order valence-electron chi connectivity index (χ0n) is 21.6. The van der Waals surface area contributed by atoms with Gasteiger partial charge in [0.2, 0.25) is 0 Å². The minimum absolute atomic E-state index is 0.0715. The molecule has 0 saturated heterocycles. The molecule has 11 heteroatoms. The summed E-state index contributed by atoms with van der Waals surface area (Å²) >= 11 is 0. The maximum absolute atomic E-state index is 15.2. The van der Waals surface area contributed by atoms with Gasteiger partial charge in [0.1, 0.15) is 18.3 Å². The van der Waals surface area contributed by atoms with Crippen LogP contribution in [0.25, 0.3) is 5.69 Å². The van der Waals surface area contributed by atoms with Crippen LogP contribution in [-0.2, 0) is 37.4 Å². The summed E-state index contributed by atoms with van der Waals surface area (Å²) in [4.78, 5) is 19.5. The average molecular weight is 520 g/mol. The van der Waals surface area contributed by atoms with E-state index >= 15 is 4.39 Å². The molecule has 2 aromatic heterocycles. The van der Waals surface area contributed by atoms with Crippen molar-refractivity contribution in [2.45, 2.75) is 32.7 Å². The molecule has 0 saturated carbocycles. The first kappa shape index (κ1) is 25.6. The van der Waals surface area contributed by atoms with E-state index < -0.39 is 5.82 Å². The van der Waals surface area contributed by atoms with E-state index in [1.54, 1.807) is 24.1 Å². The maximum Gasteiger partial charge on any atom is 0.255 e. The van der Waals surface area contributed by atoms with Crippen LogP contribution in [0.1, 0.15) is 38.3 Å². The Kier molecular flexibility index (Phi) is 7.47. The molecule has 1 amide bonds. The summed E-state index contributed by atoms with van der Waals surface area (Å²) in [7, 11) is 5.07. The Balaban J connectivity index is 1.36. The van der Waals surface area contributed by atoms with Gasteiger partial charge in [-0.1, -0.05) is 18.2 Å². The molecule has 0 unspecified atom stereocenters. The second-order valence-corrected chi connectivity index (χ2v) is 9.31. The van der Waals surface area contributed by atoms with Crippen LogP contribution < -0.4 is 10.1 Å². The van der Waals surface area contributed by atoms with E-state index in [4.69, 9.17) is 9.47 Å². The van der Waals surface area contributed by atoms with Crippen LogP contribution in [0.15, 0.2) is 49.2 Å². The van der Waals surface area contributed by atoms with Gasteiger partial charge >= 0.3 is 0 Å². The van der Waals surface area contributed by atoms with Gasteiger partial charge in [-0.25, -0.2) is 14.1 Å². The third kappa shape index (κ3) is 5.29. The molecule has 0 fully saturated rings. The number of benzene rings is 2. The molecule has 10 nitrogen and oxygen atoms in total. The molecule has 1 N–H and O–H groups in total. The van der Waals surface area contributed by atoms with Crippen molar-refractivity contribution in [3.63, 3.8) is 0 Å². The van der Waals surface area contributed by atoms with Crippen molar-refractivity contribution in [3.8, 4) is 11.4 Å². The lowest BCUT2D eigenvalue weighted by atomic mass is 9.98. The minimum Gasteiger partial charge on any atom is -0.494 e. The van der Waals surface area contributed by atoms with Crippen LogP contribution in [0.5, 0.6) is 5.75 Å². The minimum atomic E-state index is -0.577. The lowest BCUT2D eigenvalue weighted by Gasteiger charge is -2.25. The zero-order valence-corrected chi connectivity index (χ0v) is 21.6. The van der Waals surface area contributed by atoms with Crippen LogP contribution in [0, 0.1) is 5.82 Å². The van der Waals surface area contributed by atoms with Gasteiger partial charge < -0.3 is 19.7 Å². The number of carbonyl (C=O) groups excluding carboxylic acids is 1.